The Hall–Kier alpha value is -1.35. The van der Waals surface area contributed by atoms with Gasteiger partial charge < -0.3 is 5.73 Å². The molecule has 0 aromatic heterocycles. The largest absolute Gasteiger partial charge is 0.320 e. The van der Waals surface area contributed by atoms with Crippen molar-refractivity contribution in [2.24, 2.45) is 5.73 Å². The molecule has 0 spiro atoms. The van der Waals surface area contributed by atoms with E-state index in [4.69, 9.17) is 5.73 Å². The highest BCUT2D eigenvalue weighted by atomic mass is 32.2. The molecule has 0 amide bonds. The number of nitrogens with two attached hydrogens (primary N) is 1. The normalized spacial score (nSPS) is 11.4. The predicted octanol–water partition coefficient (Wildman–Crippen LogP) is 1.03. The van der Waals surface area contributed by atoms with Gasteiger partial charge in [-0.1, -0.05) is 17.9 Å². The van der Waals surface area contributed by atoms with Crippen LogP contribution in [-0.4, -0.2) is 32.4 Å². The first-order valence-corrected chi connectivity index (χ1v) is 7.10. The Bertz CT molecular complexity index is 568. The van der Waals surface area contributed by atoms with Crippen LogP contribution in [0.3, 0.4) is 0 Å². The Kier molecular flexibility index (Phi) is 4.91. The standard InChI is InChI=1S/C13H18N2O2S/c1-11(2)15(3)18(16,17)13-8-4-6-12(10-13)7-5-9-14/h4,6,8,10-11H,9,14H2,1-3H3. The quantitative estimate of drug-likeness (QED) is 0.831. The van der Waals surface area contributed by atoms with Gasteiger partial charge in [-0.15, -0.1) is 0 Å². The third-order valence-electron chi connectivity index (χ3n) is 2.57. The molecular formula is C13H18N2O2S. The van der Waals surface area contributed by atoms with Crippen LogP contribution in [-0.2, 0) is 10.0 Å². The highest BCUT2D eigenvalue weighted by molar-refractivity contribution is 7.89. The van der Waals surface area contributed by atoms with E-state index in [0.29, 0.717) is 5.56 Å². The fraction of sp³-hybridized carbons (Fsp3) is 0.385. The summed E-state index contributed by atoms with van der Waals surface area (Å²) < 4.78 is 25.8. The summed E-state index contributed by atoms with van der Waals surface area (Å²) >= 11 is 0. The van der Waals surface area contributed by atoms with Gasteiger partial charge in [-0.3, -0.25) is 0 Å². The smallest absolute Gasteiger partial charge is 0.243 e. The molecule has 0 atom stereocenters. The Labute approximate surface area is 109 Å². The lowest BCUT2D eigenvalue weighted by Gasteiger charge is -2.20. The maximum absolute atomic E-state index is 12.3. The molecule has 0 saturated carbocycles. The molecule has 1 aromatic rings. The monoisotopic (exact) mass is 266 g/mol. The SMILES string of the molecule is CC(C)N(C)S(=O)(=O)c1cccc(C#CCN)c1. The molecule has 0 heterocycles. The molecule has 4 nitrogen and oxygen atoms in total. The maximum atomic E-state index is 12.3. The van der Waals surface area contributed by atoms with Gasteiger partial charge in [0, 0.05) is 18.7 Å². The van der Waals surface area contributed by atoms with E-state index in [9.17, 15) is 8.42 Å². The van der Waals surface area contributed by atoms with Crippen LogP contribution in [0, 0.1) is 11.8 Å². The van der Waals surface area contributed by atoms with Gasteiger partial charge >= 0.3 is 0 Å². The van der Waals surface area contributed by atoms with E-state index in [1.54, 1.807) is 31.3 Å². The third-order valence-corrected chi connectivity index (χ3v) is 4.60. The summed E-state index contributed by atoms with van der Waals surface area (Å²) in [4.78, 5) is 0.252. The first-order chi connectivity index (χ1) is 8.39. The van der Waals surface area contributed by atoms with Crippen molar-refractivity contribution in [1.29, 1.82) is 0 Å². The summed E-state index contributed by atoms with van der Waals surface area (Å²) in [6.07, 6.45) is 0. The molecule has 1 aromatic carbocycles. The molecule has 98 valence electrons. The van der Waals surface area contributed by atoms with Crippen molar-refractivity contribution in [3.05, 3.63) is 29.8 Å². The molecule has 0 radical (unpaired) electrons. The lowest BCUT2D eigenvalue weighted by Crippen LogP contribution is -2.33. The van der Waals surface area contributed by atoms with E-state index in [1.165, 1.54) is 4.31 Å². The minimum Gasteiger partial charge on any atom is -0.320 e. The van der Waals surface area contributed by atoms with Gasteiger partial charge in [0.05, 0.1) is 11.4 Å². The van der Waals surface area contributed by atoms with E-state index < -0.39 is 10.0 Å². The van der Waals surface area contributed by atoms with Crippen molar-refractivity contribution in [3.63, 3.8) is 0 Å². The van der Waals surface area contributed by atoms with Gasteiger partial charge in [0.25, 0.3) is 0 Å². The lowest BCUT2D eigenvalue weighted by atomic mass is 10.2. The molecule has 5 heteroatoms. The van der Waals surface area contributed by atoms with E-state index in [0.717, 1.165) is 0 Å². The zero-order valence-corrected chi connectivity index (χ0v) is 11.7. The second-order valence-electron chi connectivity index (χ2n) is 4.15. The summed E-state index contributed by atoms with van der Waals surface area (Å²) in [7, 11) is -1.88. The van der Waals surface area contributed by atoms with Crippen LogP contribution >= 0.6 is 0 Å². The fourth-order valence-corrected chi connectivity index (χ4v) is 2.75. The number of sulfonamides is 1. The summed E-state index contributed by atoms with van der Waals surface area (Å²) in [5.74, 6) is 5.53. The van der Waals surface area contributed by atoms with E-state index >= 15 is 0 Å². The zero-order valence-electron chi connectivity index (χ0n) is 10.8. The van der Waals surface area contributed by atoms with Crippen LogP contribution in [0.4, 0.5) is 0 Å². The van der Waals surface area contributed by atoms with Gasteiger partial charge in [-0.25, -0.2) is 8.42 Å². The second kappa shape index (κ2) is 6.01. The van der Waals surface area contributed by atoms with Crippen LogP contribution < -0.4 is 5.73 Å². The number of benzene rings is 1. The minimum atomic E-state index is -3.45. The molecule has 18 heavy (non-hydrogen) atoms. The van der Waals surface area contributed by atoms with Gasteiger partial charge in [-0.2, -0.15) is 4.31 Å². The van der Waals surface area contributed by atoms with Gasteiger partial charge in [0.2, 0.25) is 10.0 Å². The fourth-order valence-electron chi connectivity index (χ4n) is 1.33. The zero-order chi connectivity index (χ0) is 13.8. The summed E-state index contributed by atoms with van der Waals surface area (Å²) in [5.41, 5.74) is 5.94. The molecule has 0 saturated heterocycles. The molecule has 0 aliphatic carbocycles. The van der Waals surface area contributed by atoms with Crippen molar-refractivity contribution in [1.82, 2.24) is 4.31 Å². The van der Waals surface area contributed by atoms with Crippen molar-refractivity contribution in [3.8, 4) is 11.8 Å². The van der Waals surface area contributed by atoms with Crippen molar-refractivity contribution in [2.75, 3.05) is 13.6 Å². The van der Waals surface area contributed by atoms with Crippen molar-refractivity contribution < 1.29 is 8.42 Å². The molecule has 0 bridgehead atoms. The second-order valence-corrected chi connectivity index (χ2v) is 6.15. The van der Waals surface area contributed by atoms with Gasteiger partial charge in [0.15, 0.2) is 0 Å². The van der Waals surface area contributed by atoms with Crippen LogP contribution in [0.2, 0.25) is 0 Å². The van der Waals surface area contributed by atoms with Crippen molar-refractivity contribution in [2.45, 2.75) is 24.8 Å². The average Bonchev–Trinajstić information content (AvgIpc) is 2.35. The number of hydrogen-bond donors (Lipinski definition) is 1. The van der Waals surface area contributed by atoms with E-state index in [-0.39, 0.29) is 17.5 Å². The summed E-state index contributed by atoms with van der Waals surface area (Å²) in [6, 6.07) is 6.49. The minimum absolute atomic E-state index is 0.0891. The van der Waals surface area contributed by atoms with Crippen LogP contribution in [0.25, 0.3) is 0 Å². The van der Waals surface area contributed by atoms with E-state index in [2.05, 4.69) is 11.8 Å². The highest BCUT2D eigenvalue weighted by Gasteiger charge is 2.22. The Morgan fingerprint density at radius 3 is 2.61 bits per heavy atom. The molecule has 1 rings (SSSR count). The Morgan fingerprint density at radius 2 is 2.06 bits per heavy atom. The van der Waals surface area contributed by atoms with Gasteiger partial charge in [-0.05, 0) is 32.0 Å². The summed E-state index contributed by atoms with van der Waals surface area (Å²) in [5, 5.41) is 0. The third kappa shape index (κ3) is 3.33. The lowest BCUT2D eigenvalue weighted by molar-refractivity contribution is 0.410. The van der Waals surface area contributed by atoms with E-state index in [1.807, 2.05) is 13.8 Å². The topological polar surface area (TPSA) is 63.4 Å². The van der Waals surface area contributed by atoms with Crippen LogP contribution in [0.1, 0.15) is 19.4 Å². The van der Waals surface area contributed by atoms with Crippen LogP contribution in [0.15, 0.2) is 29.2 Å². The first-order valence-electron chi connectivity index (χ1n) is 5.66. The first kappa shape index (κ1) is 14.7. The predicted molar refractivity (Wildman–Crippen MR) is 72.5 cm³/mol. The highest BCUT2D eigenvalue weighted by Crippen LogP contribution is 2.17. The van der Waals surface area contributed by atoms with Crippen LogP contribution in [0.5, 0.6) is 0 Å². The number of rotatable bonds is 3. The van der Waals surface area contributed by atoms with Crippen molar-refractivity contribution >= 4 is 10.0 Å². The molecule has 0 aliphatic heterocycles. The maximum Gasteiger partial charge on any atom is 0.243 e. The molecule has 0 aliphatic rings. The molecule has 0 fully saturated rings. The Balaban J connectivity index is 3.18. The Morgan fingerprint density at radius 1 is 1.39 bits per heavy atom. The average molecular weight is 266 g/mol. The number of hydrogen-bond acceptors (Lipinski definition) is 3. The number of nitrogens with zero attached hydrogens (tertiary/aromatic N) is 1. The molecule has 0 unspecified atom stereocenters. The molecular weight excluding hydrogens is 248 g/mol. The molecule has 2 N–H and O–H groups in total. The van der Waals surface area contributed by atoms with Gasteiger partial charge in [0.1, 0.15) is 0 Å². The summed E-state index contributed by atoms with van der Waals surface area (Å²) in [6.45, 7) is 3.91.